The van der Waals surface area contributed by atoms with Gasteiger partial charge in [-0.25, -0.2) is 4.79 Å². The first kappa shape index (κ1) is 21.4. The van der Waals surface area contributed by atoms with Crippen molar-refractivity contribution in [1.82, 2.24) is 16.0 Å². The van der Waals surface area contributed by atoms with Crippen molar-refractivity contribution in [1.29, 1.82) is 0 Å². The van der Waals surface area contributed by atoms with E-state index in [0.717, 1.165) is 5.56 Å². The monoisotopic (exact) mass is 389 g/mol. The summed E-state index contributed by atoms with van der Waals surface area (Å²) in [5.74, 6) is -1.93. The molecule has 0 bridgehead atoms. The first-order valence-corrected chi connectivity index (χ1v) is 9.37. The van der Waals surface area contributed by atoms with E-state index < -0.39 is 35.9 Å². The lowest BCUT2D eigenvalue weighted by molar-refractivity contribution is -0.147. The first-order chi connectivity index (χ1) is 13.3. The molecule has 1 saturated heterocycles. The zero-order chi connectivity index (χ0) is 20.7. The number of piperazine rings is 1. The molecule has 0 aromatic heterocycles. The van der Waals surface area contributed by atoms with Gasteiger partial charge in [0.1, 0.15) is 18.1 Å². The molecule has 0 aliphatic carbocycles. The summed E-state index contributed by atoms with van der Waals surface area (Å²) < 4.78 is 4.73. The van der Waals surface area contributed by atoms with Crippen molar-refractivity contribution < 1.29 is 23.9 Å². The van der Waals surface area contributed by atoms with E-state index >= 15 is 0 Å². The van der Waals surface area contributed by atoms with Crippen LogP contribution < -0.4 is 16.0 Å². The molecule has 0 radical (unpaired) electrons. The van der Waals surface area contributed by atoms with Gasteiger partial charge in [-0.1, -0.05) is 50.6 Å². The number of methoxy groups -OCH3 is 1. The van der Waals surface area contributed by atoms with Crippen molar-refractivity contribution in [3.63, 3.8) is 0 Å². The Hall–Kier alpha value is -2.90. The molecule has 3 N–H and O–H groups in total. The molecule has 28 heavy (non-hydrogen) atoms. The summed E-state index contributed by atoms with van der Waals surface area (Å²) in [5, 5.41) is 7.88. The van der Waals surface area contributed by atoms with E-state index in [-0.39, 0.29) is 18.2 Å². The Labute approximate surface area is 164 Å². The van der Waals surface area contributed by atoms with Crippen LogP contribution in [0.2, 0.25) is 0 Å². The van der Waals surface area contributed by atoms with Crippen molar-refractivity contribution in [3.8, 4) is 0 Å². The van der Waals surface area contributed by atoms with E-state index in [1.165, 1.54) is 7.11 Å². The van der Waals surface area contributed by atoms with Gasteiger partial charge in [-0.15, -0.1) is 0 Å². The highest BCUT2D eigenvalue weighted by molar-refractivity contribution is 5.99. The first-order valence-electron chi connectivity index (χ1n) is 9.37. The number of ether oxygens (including phenoxy) is 1. The summed E-state index contributed by atoms with van der Waals surface area (Å²) in [4.78, 5) is 48.9. The second-order valence-electron chi connectivity index (χ2n) is 6.97. The molecule has 1 heterocycles. The third kappa shape index (κ3) is 5.55. The van der Waals surface area contributed by atoms with E-state index in [4.69, 9.17) is 4.74 Å². The molecule has 8 heteroatoms. The second-order valence-corrected chi connectivity index (χ2v) is 6.97. The van der Waals surface area contributed by atoms with Crippen LogP contribution in [0.4, 0.5) is 0 Å². The quantitative estimate of drug-likeness (QED) is 0.554. The van der Waals surface area contributed by atoms with Crippen LogP contribution in [0.3, 0.4) is 0 Å². The van der Waals surface area contributed by atoms with Gasteiger partial charge in [-0.3, -0.25) is 14.4 Å². The molecule has 3 amide bonds. The highest BCUT2D eigenvalue weighted by Crippen LogP contribution is 2.11. The van der Waals surface area contributed by atoms with Crippen LogP contribution in [-0.2, 0) is 30.3 Å². The van der Waals surface area contributed by atoms with E-state index in [1.807, 2.05) is 44.2 Å². The van der Waals surface area contributed by atoms with Gasteiger partial charge in [-0.2, -0.15) is 0 Å². The molecule has 0 unspecified atom stereocenters. The minimum atomic E-state index is -0.977. The van der Waals surface area contributed by atoms with Crippen LogP contribution in [0.1, 0.15) is 32.3 Å². The van der Waals surface area contributed by atoms with Crippen molar-refractivity contribution in [3.05, 3.63) is 35.9 Å². The maximum Gasteiger partial charge on any atom is 0.328 e. The van der Waals surface area contributed by atoms with Gasteiger partial charge in [0.2, 0.25) is 17.7 Å². The van der Waals surface area contributed by atoms with E-state index in [9.17, 15) is 19.2 Å². The molecule has 0 saturated carbocycles. The molecule has 1 aromatic rings. The lowest BCUT2D eigenvalue weighted by atomic mass is 9.98. The molecule has 1 fully saturated rings. The van der Waals surface area contributed by atoms with Crippen molar-refractivity contribution >= 4 is 23.7 Å². The minimum absolute atomic E-state index is 0.124. The summed E-state index contributed by atoms with van der Waals surface area (Å²) in [6, 6.07) is 6.89. The number of esters is 1. The third-order valence-electron chi connectivity index (χ3n) is 4.92. The Balaban J connectivity index is 1.94. The van der Waals surface area contributed by atoms with E-state index in [1.54, 1.807) is 0 Å². The van der Waals surface area contributed by atoms with Gasteiger partial charge in [0.15, 0.2) is 0 Å². The lowest BCUT2D eigenvalue weighted by Gasteiger charge is -2.30. The molecule has 1 aliphatic heterocycles. The van der Waals surface area contributed by atoms with Crippen LogP contribution in [0.5, 0.6) is 0 Å². The Morgan fingerprint density at radius 1 is 1.11 bits per heavy atom. The predicted octanol–water partition coefficient (Wildman–Crippen LogP) is 0.306. The van der Waals surface area contributed by atoms with Gasteiger partial charge in [0.25, 0.3) is 0 Å². The van der Waals surface area contributed by atoms with Gasteiger partial charge in [0, 0.05) is 6.42 Å². The fourth-order valence-corrected chi connectivity index (χ4v) is 3.03. The molecule has 1 aliphatic rings. The maximum atomic E-state index is 12.3. The van der Waals surface area contributed by atoms with Crippen LogP contribution in [0.15, 0.2) is 30.3 Å². The topological polar surface area (TPSA) is 114 Å². The highest BCUT2D eigenvalue weighted by Gasteiger charge is 2.36. The Kier molecular flexibility index (Phi) is 7.54. The molecule has 8 nitrogen and oxygen atoms in total. The van der Waals surface area contributed by atoms with Crippen LogP contribution in [-0.4, -0.2) is 48.9 Å². The molecular weight excluding hydrogens is 362 g/mol. The molecule has 2 rings (SSSR count). The number of carbonyl (C=O) groups is 4. The van der Waals surface area contributed by atoms with Gasteiger partial charge in [0.05, 0.1) is 13.5 Å². The van der Waals surface area contributed by atoms with Crippen molar-refractivity contribution in [2.24, 2.45) is 5.92 Å². The second kappa shape index (κ2) is 9.87. The zero-order valence-corrected chi connectivity index (χ0v) is 16.4. The number of benzene rings is 1. The maximum absolute atomic E-state index is 12.3. The predicted molar refractivity (Wildman–Crippen MR) is 102 cm³/mol. The van der Waals surface area contributed by atoms with Crippen LogP contribution >= 0.6 is 0 Å². The van der Waals surface area contributed by atoms with Gasteiger partial charge in [-0.05, 0) is 11.5 Å². The Bertz CT molecular complexity index is 722. The Morgan fingerprint density at radius 3 is 2.32 bits per heavy atom. The molecule has 0 spiro atoms. The number of hydrogen-bond acceptors (Lipinski definition) is 5. The molecule has 152 valence electrons. The van der Waals surface area contributed by atoms with Crippen molar-refractivity contribution in [2.75, 3.05) is 7.11 Å². The largest absolute Gasteiger partial charge is 0.467 e. The molecule has 1 aromatic carbocycles. The fraction of sp³-hybridized carbons (Fsp3) is 0.500. The average molecular weight is 389 g/mol. The average Bonchev–Trinajstić information content (AvgIpc) is 2.69. The van der Waals surface area contributed by atoms with Gasteiger partial charge >= 0.3 is 5.97 Å². The third-order valence-corrected chi connectivity index (χ3v) is 4.92. The molecular formula is C20H27N3O5. The Morgan fingerprint density at radius 2 is 1.71 bits per heavy atom. The standard InChI is InChI=1S/C20H27N3O5/c1-4-12(2)17(20(27)28-3)23-16(24)11-15-19(26)21-14(18(25)22-15)10-13-8-6-5-7-9-13/h5-9,12,14-15,17H,4,10-11H2,1-3H3,(H,21,26)(H,22,25)(H,23,24)/t12-,14+,15+,17+/m1/s1. The minimum Gasteiger partial charge on any atom is -0.467 e. The summed E-state index contributed by atoms with van der Waals surface area (Å²) in [7, 11) is 1.26. The normalized spacial score (nSPS) is 21.1. The number of rotatable bonds is 8. The number of amides is 3. The van der Waals surface area contributed by atoms with Crippen molar-refractivity contribution in [2.45, 2.75) is 51.2 Å². The summed E-state index contributed by atoms with van der Waals surface area (Å²) in [6.07, 6.45) is 0.789. The van der Waals surface area contributed by atoms with E-state index in [2.05, 4.69) is 16.0 Å². The summed E-state index contributed by atoms with van der Waals surface area (Å²) >= 11 is 0. The van der Waals surface area contributed by atoms with Crippen LogP contribution in [0, 0.1) is 5.92 Å². The number of hydrogen-bond donors (Lipinski definition) is 3. The van der Waals surface area contributed by atoms with E-state index in [0.29, 0.717) is 12.8 Å². The smallest absolute Gasteiger partial charge is 0.328 e. The summed E-state index contributed by atoms with van der Waals surface area (Å²) in [6.45, 7) is 3.72. The lowest BCUT2D eigenvalue weighted by Crippen LogP contribution is -2.63. The molecule has 4 atom stereocenters. The fourth-order valence-electron chi connectivity index (χ4n) is 3.03. The number of carbonyl (C=O) groups excluding carboxylic acids is 4. The number of nitrogens with one attached hydrogen (secondary N) is 3. The highest BCUT2D eigenvalue weighted by atomic mass is 16.5. The van der Waals surface area contributed by atoms with Crippen LogP contribution in [0.25, 0.3) is 0 Å². The SMILES string of the molecule is CC[C@@H](C)[C@H](NC(=O)C[C@@H]1NC(=O)[C@H](Cc2ccccc2)NC1=O)C(=O)OC. The van der Waals surface area contributed by atoms with Gasteiger partial charge < -0.3 is 20.7 Å². The summed E-state index contributed by atoms with van der Waals surface area (Å²) in [5.41, 5.74) is 0.925. The zero-order valence-electron chi connectivity index (χ0n) is 16.4.